The van der Waals surface area contributed by atoms with E-state index in [-0.39, 0.29) is 5.92 Å². The lowest BCUT2D eigenvalue weighted by atomic mass is 10.0. The Kier molecular flexibility index (Phi) is 3.94. The van der Waals surface area contributed by atoms with E-state index in [0.29, 0.717) is 0 Å². The number of benzene rings is 1. The van der Waals surface area contributed by atoms with Crippen molar-refractivity contribution in [1.82, 2.24) is 0 Å². The van der Waals surface area contributed by atoms with Gasteiger partial charge < -0.3 is 5.11 Å². The van der Waals surface area contributed by atoms with Crippen molar-refractivity contribution in [3.63, 3.8) is 0 Å². The van der Waals surface area contributed by atoms with Crippen molar-refractivity contribution in [3.05, 3.63) is 34.9 Å². The van der Waals surface area contributed by atoms with E-state index < -0.39 is 6.10 Å². The molecule has 0 spiro atoms. The zero-order valence-electron chi connectivity index (χ0n) is 9.83. The second kappa shape index (κ2) is 5.00. The Morgan fingerprint density at radius 1 is 1.20 bits per heavy atom. The highest BCUT2D eigenvalue weighted by atomic mass is 16.3. The molecule has 0 amide bonds. The Morgan fingerprint density at radius 2 is 1.87 bits per heavy atom. The summed E-state index contributed by atoms with van der Waals surface area (Å²) in [6.07, 6.45) is -0.536. The molecule has 1 nitrogen and oxygen atoms in total. The predicted octanol–water partition coefficient (Wildman–Crippen LogP) is 2.67. The van der Waals surface area contributed by atoms with E-state index in [2.05, 4.69) is 24.8 Å². The average molecular weight is 202 g/mol. The van der Waals surface area contributed by atoms with Gasteiger partial charge in [0.1, 0.15) is 6.10 Å². The number of hydrogen-bond acceptors (Lipinski definition) is 1. The minimum absolute atomic E-state index is 0.184. The first-order chi connectivity index (χ1) is 7.00. The standard InChI is InChI=1S/C14H18O/c1-10(2)14(15)8-7-13-6-5-11(3)9-12(13)4/h5-6,9-10,14-15H,1-4H3. The summed E-state index contributed by atoms with van der Waals surface area (Å²) >= 11 is 0. The third-order valence-electron chi connectivity index (χ3n) is 2.37. The normalized spacial score (nSPS) is 12.1. The van der Waals surface area contributed by atoms with Crippen molar-refractivity contribution in [1.29, 1.82) is 0 Å². The molecule has 0 aliphatic carbocycles. The third-order valence-corrected chi connectivity index (χ3v) is 2.37. The quantitative estimate of drug-likeness (QED) is 0.694. The van der Waals surface area contributed by atoms with E-state index in [4.69, 9.17) is 0 Å². The maximum Gasteiger partial charge on any atom is 0.117 e. The molecule has 1 atom stereocenters. The molecule has 80 valence electrons. The average Bonchev–Trinajstić information content (AvgIpc) is 2.15. The van der Waals surface area contributed by atoms with Crippen LogP contribution in [0.2, 0.25) is 0 Å². The van der Waals surface area contributed by atoms with Crippen LogP contribution in [0.25, 0.3) is 0 Å². The molecule has 1 unspecified atom stereocenters. The maximum absolute atomic E-state index is 9.56. The summed E-state index contributed by atoms with van der Waals surface area (Å²) in [5, 5.41) is 9.56. The molecule has 1 heteroatoms. The van der Waals surface area contributed by atoms with Gasteiger partial charge in [0.05, 0.1) is 0 Å². The Hall–Kier alpha value is -1.26. The molecule has 0 heterocycles. The lowest BCUT2D eigenvalue weighted by Crippen LogP contribution is -2.11. The highest BCUT2D eigenvalue weighted by Crippen LogP contribution is 2.09. The number of aliphatic hydroxyl groups excluding tert-OH is 1. The number of rotatable bonds is 1. The maximum atomic E-state index is 9.56. The monoisotopic (exact) mass is 202 g/mol. The molecule has 0 aromatic heterocycles. The molecule has 0 saturated carbocycles. The summed E-state index contributed by atoms with van der Waals surface area (Å²) in [6, 6.07) is 6.15. The molecule has 1 N–H and O–H groups in total. The van der Waals surface area contributed by atoms with Crippen LogP contribution in [0.4, 0.5) is 0 Å². The van der Waals surface area contributed by atoms with Crippen LogP contribution in [0, 0.1) is 31.6 Å². The molecule has 15 heavy (non-hydrogen) atoms. The SMILES string of the molecule is Cc1ccc(C#CC(O)C(C)C)c(C)c1. The van der Waals surface area contributed by atoms with Crippen LogP contribution < -0.4 is 0 Å². The van der Waals surface area contributed by atoms with E-state index >= 15 is 0 Å². The molecule has 1 aromatic rings. The van der Waals surface area contributed by atoms with E-state index in [0.717, 1.165) is 5.56 Å². The molecule has 0 radical (unpaired) electrons. The van der Waals surface area contributed by atoms with E-state index in [1.165, 1.54) is 11.1 Å². The van der Waals surface area contributed by atoms with Crippen molar-refractivity contribution < 1.29 is 5.11 Å². The first kappa shape index (κ1) is 11.8. The van der Waals surface area contributed by atoms with Gasteiger partial charge in [-0.25, -0.2) is 0 Å². The second-order valence-electron chi connectivity index (χ2n) is 4.28. The molecule has 1 rings (SSSR count). The second-order valence-corrected chi connectivity index (χ2v) is 4.28. The third kappa shape index (κ3) is 3.42. The fourth-order valence-electron chi connectivity index (χ4n) is 1.27. The van der Waals surface area contributed by atoms with Gasteiger partial charge in [-0.05, 0) is 31.4 Å². The van der Waals surface area contributed by atoms with Crippen LogP contribution in [0.1, 0.15) is 30.5 Å². The van der Waals surface area contributed by atoms with Gasteiger partial charge in [0.2, 0.25) is 0 Å². The highest BCUT2D eigenvalue weighted by molar-refractivity contribution is 5.42. The number of aliphatic hydroxyl groups is 1. The summed E-state index contributed by atoms with van der Waals surface area (Å²) in [6.45, 7) is 8.02. The van der Waals surface area contributed by atoms with Crippen LogP contribution in [-0.2, 0) is 0 Å². The van der Waals surface area contributed by atoms with Crippen molar-refractivity contribution in [3.8, 4) is 11.8 Å². The first-order valence-electron chi connectivity index (χ1n) is 5.27. The lowest BCUT2D eigenvalue weighted by Gasteiger charge is -2.06. The van der Waals surface area contributed by atoms with E-state index in [1.807, 2.05) is 32.9 Å². The molecule has 0 fully saturated rings. The van der Waals surface area contributed by atoms with E-state index in [9.17, 15) is 5.11 Å². The van der Waals surface area contributed by atoms with Crippen molar-refractivity contribution >= 4 is 0 Å². The number of hydrogen-bond donors (Lipinski definition) is 1. The van der Waals surface area contributed by atoms with Gasteiger partial charge in [-0.15, -0.1) is 0 Å². The molecule has 1 aromatic carbocycles. The van der Waals surface area contributed by atoms with Gasteiger partial charge in [-0.3, -0.25) is 0 Å². The van der Waals surface area contributed by atoms with Crippen LogP contribution in [-0.4, -0.2) is 11.2 Å². The largest absolute Gasteiger partial charge is 0.380 e. The first-order valence-corrected chi connectivity index (χ1v) is 5.27. The summed E-state index contributed by atoms with van der Waals surface area (Å²) in [5.74, 6) is 6.07. The van der Waals surface area contributed by atoms with Crippen LogP contribution >= 0.6 is 0 Å². The number of aryl methyl sites for hydroxylation is 2. The Balaban J connectivity index is 2.89. The Bertz CT molecular complexity index is 394. The van der Waals surface area contributed by atoms with Gasteiger partial charge in [0, 0.05) is 5.56 Å². The fourth-order valence-corrected chi connectivity index (χ4v) is 1.27. The van der Waals surface area contributed by atoms with Gasteiger partial charge in [0.25, 0.3) is 0 Å². The topological polar surface area (TPSA) is 20.2 Å². The van der Waals surface area contributed by atoms with Crippen LogP contribution in [0.5, 0.6) is 0 Å². The summed E-state index contributed by atoms with van der Waals surface area (Å²) in [7, 11) is 0. The van der Waals surface area contributed by atoms with Gasteiger partial charge in [0.15, 0.2) is 0 Å². The predicted molar refractivity (Wildman–Crippen MR) is 63.6 cm³/mol. The summed E-state index contributed by atoms with van der Waals surface area (Å²) in [4.78, 5) is 0. The van der Waals surface area contributed by atoms with Gasteiger partial charge in [-0.1, -0.05) is 43.4 Å². The molecule has 0 aliphatic heterocycles. The Labute approximate surface area is 92.1 Å². The minimum atomic E-state index is -0.536. The van der Waals surface area contributed by atoms with Crippen molar-refractivity contribution in [2.24, 2.45) is 5.92 Å². The van der Waals surface area contributed by atoms with Gasteiger partial charge >= 0.3 is 0 Å². The zero-order valence-corrected chi connectivity index (χ0v) is 9.83. The molecular weight excluding hydrogens is 184 g/mol. The molecule has 0 aliphatic rings. The molecule has 0 bridgehead atoms. The van der Waals surface area contributed by atoms with Crippen molar-refractivity contribution in [2.45, 2.75) is 33.8 Å². The highest BCUT2D eigenvalue weighted by Gasteiger charge is 2.03. The van der Waals surface area contributed by atoms with Crippen LogP contribution in [0.3, 0.4) is 0 Å². The summed E-state index contributed by atoms with van der Waals surface area (Å²) in [5.41, 5.74) is 3.40. The Morgan fingerprint density at radius 3 is 2.40 bits per heavy atom. The summed E-state index contributed by atoms with van der Waals surface area (Å²) < 4.78 is 0. The fraction of sp³-hybridized carbons (Fsp3) is 0.429. The molecule has 0 saturated heterocycles. The smallest absolute Gasteiger partial charge is 0.117 e. The molecular formula is C14H18O. The van der Waals surface area contributed by atoms with Gasteiger partial charge in [-0.2, -0.15) is 0 Å². The lowest BCUT2D eigenvalue weighted by molar-refractivity contribution is 0.181. The van der Waals surface area contributed by atoms with Crippen LogP contribution in [0.15, 0.2) is 18.2 Å². The minimum Gasteiger partial charge on any atom is -0.380 e. The van der Waals surface area contributed by atoms with Crippen molar-refractivity contribution in [2.75, 3.05) is 0 Å². The van der Waals surface area contributed by atoms with E-state index in [1.54, 1.807) is 0 Å². The zero-order chi connectivity index (χ0) is 11.4.